The van der Waals surface area contributed by atoms with Gasteiger partial charge in [0.1, 0.15) is 0 Å². The van der Waals surface area contributed by atoms with Gasteiger partial charge in [-0.3, -0.25) is 9.59 Å². The minimum absolute atomic E-state index is 0.157. The third-order valence-corrected chi connectivity index (χ3v) is 3.10. The number of nitrogens with two attached hydrogens (primary N) is 3. The number of hydrogen-bond donors (Lipinski definition) is 4. The second-order valence-electron chi connectivity index (χ2n) is 4.99. The van der Waals surface area contributed by atoms with Crippen molar-refractivity contribution in [1.29, 1.82) is 0 Å². The van der Waals surface area contributed by atoms with Crippen LogP contribution in [-0.4, -0.2) is 23.0 Å². The molecule has 2 rings (SSSR count). The summed E-state index contributed by atoms with van der Waals surface area (Å²) in [6, 6.07) is 15.4. The predicted octanol–water partition coefficient (Wildman–Crippen LogP) is 0.952. The number of amides is 2. The number of primary amides is 2. The normalized spacial score (nSPS) is 12.5. The average Bonchev–Trinajstić information content (AvgIpc) is 2.55. The first-order valence-electron chi connectivity index (χ1n) is 7.01. The van der Waals surface area contributed by atoms with Crippen molar-refractivity contribution in [2.24, 2.45) is 17.2 Å². The van der Waals surface area contributed by atoms with E-state index >= 15 is 0 Å². The van der Waals surface area contributed by atoms with E-state index in [1.165, 1.54) is 12.1 Å². The van der Waals surface area contributed by atoms with Crippen LogP contribution in [-0.2, 0) is 0 Å². The lowest BCUT2D eigenvalue weighted by molar-refractivity contribution is 0.0967. The Balaban J connectivity index is 0.000000231. The van der Waals surface area contributed by atoms with Crippen LogP contribution >= 0.6 is 0 Å². The molecule has 0 aliphatic rings. The lowest BCUT2D eigenvalue weighted by Gasteiger charge is -2.13. The molecule has 0 saturated carbocycles. The topological polar surface area (TPSA) is 132 Å². The summed E-state index contributed by atoms with van der Waals surface area (Å²) in [7, 11) is 0. The summed E-state index contributed by atoms with van der Waals surface area (Å²) in [5, 5.41) is 9.47. The van der Waals surface area contributed by atoms with Crippen molar-refractivity contribution >= 4 is 11.8 Å². The maximum atomic E-state index is 10.7. The second-order valence-corrected chi connectivity index (χ2v) is 4.99. The molecule has 6 heteroatoms. The van der Waals surface area contributed by atoms with Crippen LogP contribution in [0.1, 0.15) is 39.3 Å². The highest BCUT2D eigenvalue weighted by Crippen LogP contribution is 2.13. The Labute approximate surface area is 134 Å². The summed E-state index contributed by atoms with van der Waals surface area (Å²) in [4.78, 5) is 21.5. The van der Waals surface area contributed by atoms with E-state index in [0.29, 0.717) is 0 Å². The molecular weight excluding hydrogens is 294 g/mol. The van der Waals surface area contributed by atoms with Crippen LogP contribution in [0.2, 0.25) is 0 Å². The van der Waals surface area contributed by atoms with Gasteiger partial charge in [-0.25, -0.2) is 0 Å². The number of hydrogen-bond acceptors (Lipinski definition) is 4. The molecule has 0 bridgehead atoms. The first-order chi connectivity index (χ1) is 10.8. The van der Waals surface area contributed by atoms with Gasteiger partial charge in [0.25, 0.3) is 0 Å². The quantitative estimate of drug-likeness (QED) is 0.668. The Kier molecular flexibility index (Phi) is 6.92. The largest absolute Gasteiger partial charge is 0.387 e. The second kappa shape index (κ2) is 8.67. The van der Waals surface area contributed by atoms with Crippen molar-refractivity contribution in [1.82, 2.24) is 0 Å². The summed E-state index contributed by atoms with van der Waals surface area (Å²) < 4.78 is 0. The van der Waals surface area contributed by atoms with Crippen molar-refractivity contribution < 1.29 is 14.7 Å². The van der Waals surface area contributed by atoms with Crippen LogP contribution in [0, 0.1) is 0 Å². The predicted molar refractivity (Wildman–Crippen MR) is 88.5 cm³/mol. The zero-order valence-electron chi connectivity index (χ0n) is 12.8. The fourth-order valence-electron chi connectivity index (χ4n) is 1.87. The molecule has 122 valence electrons. The molecule has 2 atom stereocenters. The number of aliphatic hydroxyl groups excluding tert-OH is 1. The molecule has 0 heterocycles. The maximum absolute atomic E-state index is 10.7. The molecule has 0 fully saturated rings. The smallest absolute Gasteiger partial charge is 0.249 e. The molecule has 2 aromatic carbocycles. The molecule has 7 N–H and O–H groups in total. The van der Waals surface area contributed by atoms with E-state index in [1.54, 1.807) is 19.1 Å². The van der Waals surface area contributed by atoms with Crippen LogP contribution in [0.4, 0.5) is 0 Å². The Morgan fingerprint density at radius 2 is 1.26 bits per heavy atom. The number of carbonyl (C=O) groups excluding carboxylic acids is 2. The summed E-state index contributed by atoms with van der Waals surface area (Å²) >= 11 is 0. The monoisotopic (exact) mass is 315 g/mol. The zero-order chi connectivity index (χ0) is 17.4. The van der Waals surface area contributed by atoms with Crippen LogP contribution in [0.25, 0.3) is 0 Å². The van der Waals surface area contributed by atoms with Crippen molar-refractivity contribution in [3.05, 3.63) is 71.3 Å². The molecule has 0 aliphatic heterocycles. The fourth-order valence-corrected chi connectivity index (χ4v) is 1.87. The van der Waals surface area contributed by atoms with E-state index in [4.69, 9.17) is 17.2 Å². The first-order valence-corrected chi connectivity index (χ1v) is 7.01. The highest BCUT2D eigenvalue weighted by Gasteiger charge is 2.11. The van der Waals surface area contributed by atoms with Crippen molar-refractivity contribution in [2.75, 3.05) is 0 Å². The molecule has 2 aromatic rings. The average molecular weight is 315 g/mol. The number of aliphatic hydroxyl groups is 1. The van der Waals surface area contributed by atoms with E-state index in [1.807, 2.05) is 30.3 Å². The van der Waals surface area contributed by atoms with Gasteiger partial charge in [-0.1, -0.05) is 42.5 Å². The van der Waals surface area contributed by atoms with E-state index in [-0.39, 0.29) is 17.2 Å². The van der Waals surface area contributed by atoms with Gasteiger partial charge in [-0.15, -0.1) is 0 Å². The molecule has 0 radical (unpaired) electrons. The highest BCUT2D eigenvalue weighted by atomic mass is 16.3. The zero-order valence-corrected chi connectivity index (χ0v) is 12.8. The summed E-state index contributed by atoms with van der Waals surface area (Å²) in [5.41, 5.74) is 16.7. The van der Waals surface area contributed by atoms with Gasteiger partial charge in [0, 0.05) is 6.04 Å². The third kappa shape index (κ3) is 5.54. The van der Waals surface area contributed by atoms with Gasteiger partial charge in [0.15, 0.2) is 0 Å². The molecule has 0 aliphatic carbocycles. The van der Waals surface area contributed by atoms with Gasteiger partial charge in [0.2, 0.25) is 11.8 Å². The van der Waals surface area contributed by atoms with Crippen molar-refractivity contribution in [3.8, 4) is 0 Å². The Morgan fingerprint density at radius 3 is 1.61 bits per heavy atom. The van der Waals surface area contributed by atoms with E-state index in [9.17, 15) is 14.7 Å². The number of benzene rings is 2. The Hall–Kier alpha value is -2.70. The van der Waals surface area contributed by atoms with Crippen molar-refractivity contribution in [3.63, 3.8) is 0 Å². The van der Waals surface area contributed by atoms with E-state index in [0.717, 1.165) is 5.56 Å². The minimum atomic E-state index is -0.649. The molecule has 0 unspecified atom stereocenters. The molecule has 23 heavy (non-hydrogen) atoms. The van der Waals surface area contributed by atoms with Crippen molar-refractivity contribution in [2.45, 2.75) is 19.1 Å². The molecule has 0 spiro atoms. The molecule has 2 amide bonds. The van der Waals surface area contributed by atoms with Crippen LogP contribution < -0.4 is 17.2 Å². The van der Waals surface area contributed by atoms with Gasteiger partial charge >= 0.3 is 0 Å². The van der Waals surface area contributed by atoms with Crippen LogP contribution in [0.15, 0.2) is 54.6 Å². The van der Waals surface area contributed by atoms with Gasteiger partial charge < -0.3 is 22.3 Å². The van der Waals surface area contributed by atoms with Crippen LogP contribution in [0.3, 0.4) is 0 Å². The molecule has 0 saturated heterocycles. The van der Waals surface area contributed by atoms with E-state index in [2.05, 4.69) is 0 Å². The number of rotatable bonds is 4. The summed E-state index contributed by atoms with van der Waals surface area (Å²) in [5.74, 6) is -1.30. The lowest BCUT2D eigenvalue weighted by Crippen LogP contribution is -2.24. The minimum Gasteiger partial charge on any atom is -0.387 e. The SMILES string of the molecule is C[C@@H](N)[C@@H](O)c1ccccc1.NC(=O)c1ccccc1C(N)=O. The highest BCUT2D eigenvalue weighted by molar-refractivity contribution is 6.06. The van der Waals surface area contributed by atoms with E-state index < -0.39 is 17.9 Å². The summed E-state index contributed by atoms with van der Waals surface area (Å²) in [6.45, 7) is 1.79. The fraction of sp³-hybridized carbons (Fsp3) is 0.176. The Bertz CT molecular complexity index is 624. The van der Waals surface area contributed by atoms with Gasteiger partial charge in [-0.05, 0) is 24.6 Å². The standard InChI is InChI=1S/C9H13NO.C8H8N2O2/c1-7(10)9(11)8-5-3-2-4-6-8;9-7(11)5-3-1-2-4-6(5)8(10)12/h2-7,9,11H,10H2,1H3;1-4H,(H2,9,11)(H2,10,12)/t7-,9-;/m1./s1. The summed E-state index contributed by atoms with van der Waals surface area (Å²) in [6.07, 6.45) is -0.545. The molecular formula is C17H21N3O3. The Morgan fingerprint density at radius 1 is 0.870 bits per heavy atom. The van der Waals surface area contributed by atoms with Crippen LogP contribution in [0.5, 0.6) is 0 Å². The molecule has 0 aromatic heterocycles. The first kappa shape index (κ1) is 18.3. The third-order valence-electron chi connectivity index (χ3n) is 3.10. The lowest BCUT2D eigenvalue weighted by atomic mass is 10.0. The maximum Gasteiger partial charge on any atom is 0.249 e. The van der Waals surface area contributed by atoms with Gasteiger partial charge in [0.05, 0.1) is 17.2 Å². The molecule has 6 nitrogen and oxygen atoms in total. The number of carbonyl (C=O) groups is 2. The van der Waals surface area contributed by atoms with Gasteiger partial charge in [-0.2, -0.15) is 0 Å².